The van der Waals surface area contributed by atoms with Crippen LogP contribution in [0.15, 0.2) is 15.5 Å². The van der Waals surface area contributed by atoms with Gasteiger partial charge in [0.25, 0.3) is 11.5 Å². The number of nitrogens with zero attached hydrogens (tertiary/aromatic N) is 4. The molecule has 3 heterocycles. The maximum Gasteiger partial charge on any atom is 0.257 e. The first-order valence-electron chi connectivity index (χ1n) is 11.2. The Hall–Kier alpha value is -3.17. The normalized spacial score (nSPS) is 18.9. The number of ether oxygens (including phenoxy) is 1. The summed E-state index contributed by atoms with van der Waals surface area (Å²) in [4.78, 5) is 41.1. The Morgan fingerprint density at radius 3 is 2.45 bits per heavy atom. The molecule has 2 aromatic heterocycles. The van der Waals surface area contributed by atoms with E-state index in [1.54, 1.807) is 11.5 Å². The smallest absolute Gasteiger partial charge is 0.257 e. The van der Waals surface area contributed by atoms with E-state index in [2.05, 4.69) is 48.0 Å². The van der Waals surface area contributed by atoms with Gasteiger partial charge < -0.3 is 19.5 Å². The summed E-state index contributed by atoms with van der Waals surface area (Å²) in [5, 5.41) is 10.3. The van der Waals surface area contributed by atoms with Crippen LogP contribution in [-0.4, -0.2) is 51.8 Å². The largest absolute Gasteiger partial charge is 0.496 e. The van der Waals surface area contributed by atoms with Crippen LogP contribution in [0, 0.1) is 23.7 Å². The lowest BCUT2D eigenvalue weighted by Gasteiger charge is -2.21. The standard InChI is InChI=1S/C23H31N5O5/c1-13-14(26-33-25-13)12-24-20(30)18-15-7-8-27(21(31)19-22(2,3)23(19,4)5)9-10-28(15)17(29)11-16(18)32-6/h11,19H,7-10,12H2,1-6H3,(H,24,30). The Balaban J connectivity index is 1.60. The van der Waals surface area contributed by atoms with Crippen molar-refractivity contribution in [3.63, 3.8) is 0 Å². The van der Waals surface area contributed by atoms with Gasteiger partial charge in [0.05, 0.1) is 13.7 Å². The van der Waals surface area contributed by atoms with Crippen LogP contribution in [0.2, 0.25) is 0 Å². The van der Waals surface area contributed by atoms with Crippen molar-refractivity contribution in [1.82, 2.24) is 25.1 Å². The van der Waals surface area contributed by atoms with Crippen molar-refractivity contribution in [2.75, 3.05) is 20.2 Å². The zero-order chi connectivity index (χ0) is 24.1. The van der Waals surface area contributed by atoms with Crippen LogP contribution in [0.3, 0.4) is 0 Å². The highest BCUT2D eigenvalue weighted by molar-refractivity contribution is 5.98. The molecule has 2 aliphatic rings. The summed E-state index contributed by atoms with van der Waals surface area (Å²) >= 11 is 0. The zero-order valence-corrected chi connectivity index (χ0v) is 20.0. The summed E-state index contributed by atoms with van der Waals surface area (Å²) in [6, 6.07) is 1.33. The molecule has 0 aromatic carbocycles. The van der Waals surface area contributed by atoms with E-state index in [-0.39, 0.29) is 46.4 Å². The number of nitrogens with one attached hydrogen (secondary N) is 1. The summed E-state index contributed by atoms with van der Waals surface area (Å²) in [6.45, 7) is 11.5. The van der Waals surface area contributed by atoms with Crippen LogP contribution >= 0.6 is 0 Å². The molecule has 10 heteroatoms. The van der Waals surface area contributed by atoms with Crippen molar-refractivity contribution in [1.29, 1.82) is 0 Å². The maximum absolute atomic E-state index is 13.3. The van der Waals surface area contributed by atoms with Gasteiger partial charge in [-0.3, -0.25) is 14.4 Å². The van der Waals surface area contributed by atoms with Crippen LogP contribution in [0.25, 0.3) is 0 Å². The summed E-state index contributed by atoms with van der Waals surface area (Å²) in [6.07, 6.45) is 0.374. The van der Waals surface area contributed by atoms with E-state index in [1.165, 1.54) is 13.2 Å². The van der Waals surface area contributed by atoms with Gasteiger partial charge in [-0.2, -0.15) is 0 Å². The van der Waals surface area contributed by atoms with Crippen molar-refractivity contribution in [2.24, 2.45) is 16.7 Å². The molecule has 2 amide bonds. The first kappa shape index (κ1) is 23.0. The molecule has 33 heavy (non-hydrogen) atoms. The Morgan fingerprint density at radius 1 is 1.18 bits per heavy atom. The molecule has 2 aromatic rings. The number of hydrogen-bond donors (Lipinski definition) is 1. The van der Waals surface area contributed by atoms with E-state index >= 15 is 0 Å². The summed E-state index contributed by atoms with van der Waals surface area (Å²) in [7, 11) is 1.43. The number of carbonyl (C=O) groups excluding carboxylic acids is 2. The first-order valence-corrected chi connectivity index (χ1v) is 11.2. The van der Waals surface area contributed by atoms with Gasteiger partial charge in [0.15, 0.2) is 0 Å². The Labute approximate surface area is 192 Å². The number of rotatable bonds is 5. The van der Waals surface area contributed by atoms with Gasteiger partial charge >= 0.3 is 0 Å². The number of aryl methyl sites for hydroxylation is 1. The number of methoxy groups -OCH3 is 1. The minimum atomic E-state index is -0.387. The third-order valence-corrected chi connectivity index (χ3v) is 7.78. The molecular formula is C23H31N5O5. The summed E-state index contributed by atoms with van der Waals surface area (Å²) < 4.78 is 11.7. The quantitative estimate of drug-likeness (QED) is 0.723. The van der Waals surface area contributed by atoms with E-state index in [9.17, 15) is 14.4 Å². The van der Waals surface area contributed by atoms with Crippen molar-refractivity contribution in [3.8, 4) is 5.75 Å². The molecule has 10 nitrogen and oxygen atoms in total. The monoisotopic (exact) mass is 457 g/mol. The lowest BCUT2D eigenvalue weighted by molar-refractivity contribution is -0.133. The molecule has 1 fully saturated rings. The lowest BCUT2D eigenvalue weighted by atomic mass is 10.0. The second-order valence-corrected chi connectivity index (χ2v) is 9.95. The molecule has 0 spiro atoms. The van der Waals surface area contributed by atoms with Crippen LogP contribution in [0.4, 0.5) is 0 Å². The number of aromatic nitrogens is 3. The third kappa shape index (κ3) is 3.71. The van der Waals surface area contributed by atoms with Gasteiger partial charge in [-0.05, 0) is 17.8 Å². The highest BCUT2D eigenvalue weighted by Crippen LogP contribution is 2.68. The summed E-state index contributed by atoms with van der Waals surface area (Å²) in [5.41, 5.74) is 1.59. The summed E-state index contributed by atoms with van der Waals surface area (Å²) in [5.74, 6) is -0.123. The van der Waals surface area contributed by atoms with E-state index in [4.69, 9.17) is 4.74 Å². The minimum Gasteiger partial charge on any atom is -0.496 e. The molecular weight excluding hydrogens is 426 g/mol. The van der Waals surface area contributed by atoms with Gasteiger partial charge in [0.1, 0.15) is 22.7 Å². The van der Waals surface area contributed by atoms with Crippen LogP contribution in [-0.2, 0) is 24.3 Å². The van der Waals surface area contributed by atoms with Gasteiger partial charge in [-0.15, -0.1) is 0 Å². The molecule has 1 aliphatic carbocycles. The topological polar surface area (TPSA) is 120 Å². The average Bonchev–Trinajstić information content (AvgIpc) is 2.99. The zero-order valence-electron chi connectivity index (χ0n) is 20.0. The molecule has 4 rings (SSSR count). The molecule has 1 N–H and O–H groups in total. The number of hydrogen-bond acceptors (Lipinski definition) is 7. The SMILES string of the molecule is COc1cc(=O)n2c(c1C(=O)NCc1nonc1C)CCN(C(=O)C1C(C)(C)C1(C)C)CC2. The van der Waals surface area contributed by atoms with Crippen molar-refractivity contribution in [2.45, 2.75) is 54.1 Å². The van der Waals surface area contributed by atoms with Gasteiger partial charge in [-0.25, -0.2) is 4.63 Å². The van der Waals surface area contributed by atoms with Gasteiger partial charge in [0, 0.05) is 43.7 Å². The molecule has 0 saturated heterocycles. The fraction of sp³-hybridized carbons (Fsp3) is 0.609. The maximum atomic E-state index is 13.3. The second kappa shape index (κ2) is 8.00. The van der Waals surface area contributed by atoms with Crippen molar-refractivity contribution >= 4 is 11.8 Å². The molecule has 178 valence electrons. The van der Waals surface area contributed by atoms with E-state index in [1.807, 2.05) is 4.90 Å². The Morgan fingerprint density at radius 2 is 1.88 bits per heavy atom. The van der Waals surface area contributed by atoms with Gasteiger partial charge in [-0.1, -0.05) is 38.0 Å². The number of fused-ring (bicyclic) bond motifs is 1. The average molecular weight is 458 g/mol. The number of carbonyl (C=O) groups is 2. The Bertz CT molecular complexity index is 1150. The molecule has 0 radical (unpaired) electrons. The van der Waals surface area contributed by atoms with Crippen LogP contribution < -0.4 is 15.6 Å². The predicted molar refractivity (Wildman–Crippen MR) is 119 cm³/mol. The lowest BCUT2D eigenvalue weighted by Crippen LogP contribution is -2.36. The fourth-order valence-corrected chi connectivity index (χ4v) is 5.03. The molecule has 1 saturated carbocycles. The highest BCUT2D eigenvalue weighted by atomic mass is 16.6. The molecule has 1 aliphatic heterocycles. The van der Waals surface area contributed by atoms with E-state index in [0.717, 1.165) is 0 Å². The predicted octanol–water partition coefficient (Wildman–Crippen LogP) is 1.55. The highest BCUT2D eigenvalue weighted by Gasteiger charge is 2.68. The fourth-order valence-electron chi connectivity index (χ4n) is 5.03. The molecule has 0 unspecified atom stereocenters. The molecule has 0 bridgehead atoms. The Kier molecular flexibility index (Phi) is 5.58. The third-order valence-electron chi connectivity index (χ3n) is 7.78. The minimum absolute atomic E-state index is 0.0560. The van der Waals surface area contributed by atoms with E-state index in [0.29, 0.717) is 48.7 Å². The van der Waals surface area contributed by atoms with E-state index < -0.39 is 0 Å². The number of amides is 2. The number of pyridine rings is 1. The van der Waals surface area contributed by atoms with Crippen molar-refractivity contribution < 1.29 is 19.0 Å². The second-order valence-electron chi connectivity index (χ2n) is 9.95. The van der Waals surface area contributed by atoms with Crippen LogP contribution in [0.1, 0.15) is 55.1 Å². The first-order chi connectivity index (χ1) is 15.5. The van der Waals surface area contributed by atoms with Crippen molar-refractivity contribution in [3.05, 3.63) is 39.1 Å². The van der Waals surface area contributed by atoms with Gasteiger partial charge in [0.2, 0.25) is 5.91 Å². The van der Waals surface area contributed by atoms with Crippen LogP contribution in [0.5, 0.6) is 5.75 Å². The molecule has 0 atom stereocenters.